The predicted octanol–water partition coefficient (Wildman–Crippen LogP) is 6.97. The lowest BCUT2D eigenvalue weighted by Crippen LogP contribution is -2.32. The highest BCUT2D eigenvalue weighted by molar-refractivity contribution is 5.94. The van der Waals surface area contributed by atoms with Gasteiger partial charge in [-0.15, -0.1) is 0 Å². The molecule has 1 aromatic carbocycles. The van der Waals surface area contributed by atoms with Crippen molar-refractivity contribution >= 4 is 23.8 Å². The molecule has 1 aromatic rings. The van der Waals surface area contributed by atoms with Gasteiger partial charge >= 0.3 is 11.9 Å². The van der Waals surface area contributed by atoms with Crippen LogP contribution < -0.4 is 5.32 Å². The summed E-state index contributed by atoms with van der Waals surface area (Å²) in [4.78, 5) is 48.5. The van der Waals surface area contributed by atoms with Crippen LogP contribution in [0.1, 0.15) is 138 Å². The van der Waals surface area contributed by atoms with Gasteiger partial charge in [-0.1, -0.05) is 96.1 Å². The summed E-state index contributed by atoms with van der Waals surface area (Å²) in [7, 11) is 0. The topological polar surface area (TPSA) is 133 Å². The van der Waals surface area contributed by atoms with Gasteiger partial charge in [0, 0.05) is 44.6 Å². The first-order valence-electron chi connectivity index (χ1n) is 16.5. The Hall–Kier alpha value is -2.94. The van der Waals surface area contributed by atoms with E-state index in [-0.39, 0.29) is 31.2 Å². The number of hydrogen-bond acceptors (Lipinski definition) is 5. The molecule has 0 aliphatic carbocycles. The van der Waals surface area contributed by atoms with Crippen LogP contribution in [0, 0.1) is 0 Å². The zero-order valence-corrected chi connectivity index (χ0v) is 26.5. The molecule has 2 amide bonds. The largest absolute Gasteiger partial charge is 0.481 e. The highest BCUT2D eigenvalue weighted by atomic mass is 16.5. The lowest BCUT2D eigenvalue weighted by Gasteiger charge is -2.22. The molecule has 0 aliphatic heterocycles. The predicted molar refractivity (Wildman–Crippen MR) is 169 cm³/mol. The zero-order chi connectivity index (χ0) is 31.5. The van der Waals surface area contributed by atoms with Crippen molar-refractivity contribution in [2.75, 3.05) is 26.3 Å². The van der Waals surface area contributed by atoms with Crippen molar-refractivity contribution in [3.05, 3.63) is 35.4 Å². The summed E-state index contributed by atoms with van der Waals surface area (Å²) < 4.78 is 5.38. The fraction of sp³-hybridized carbons (Fsp3) is 0.706. The number of amides is 2. The highest BCUT2D eigenvalue weighted by Gasteiger charge is 2.16. The lowest BCUT2D eigenvalue weighted by molar-refractivity contribution is -0.139. The second kappa shape index (κ2) is 25.5. The van der Waals surface area contributed by atoms with Gasteiger partial charge in [0.15, 0.2) is 0 Å². The second-order valence-electron chi connectivity index (χ2n) is 11.4. The van der Waals surface area contributed by atoms with Crippen molar-refractivity contribution in [2.45, 2.75) is 129 Å². The number of nitrogens with zero attached hydrogens (tertiary/aromatic N) is 1. The van der Waals surface area contributed by atoms with Crippen LogP contribution in [0.5, 0.6) is 0 Å². The van der Waals surface area contributed by atoms with E-state index in [0.717, 1.165) is 50.5 Å². The summed E-state index contributed by atoms with van der Waals surface area (Å²) >= 11 is 0. The molecule has 43 heavy (non-hydrogen) atoms. The molecule has 0 saturated heterocycles. The third kappa shape index (κ3) is 21.4. The molecule has 0 radical (unpaired) electrons. The van der Waals surface area contributed by atoms with E-state index in [1.165, 1.54) is 51.4 Å². The van der Waals surface area contributed by atoms with Gasteiger partial charge in [0.05, 0.1) is 13.0 Å². The van der Waals surface area contributed by atoms with Crippen LogP contribution in [0.3, 0.4) is 0 Å². The molecule has 0 spiro atoms. The third-order valence-electron chi connectivity index (χ3n) is 7.45. The monoisotopic (exact) mass is 604 g/mol. The summed E-state index contributed by atoms with van der Waals surface area (Å²) in [5, 5.41) is 20.6. The van der Waals surface area contributed by atoms with E-state index >= 15 is 0 Å². The summed E-state index contributed by atoms with van der Waals surface area (Å²) in [5.41, 5.74) is 1.39. The minimum Gasteiger partial charge on any atom is -0.481 e. The second-order valence-corrected chi connectivity index (χ2v) is 11.4. The molecule has 0 fully saturated rings. The number of rotatable bonds is 28. The minimum atomic E-state index is -0.930. The molecule has 244 valence electrons. The highest BCUT2D eigenvalue weighted by Crippen LogP contribution is 2.15. The number of nitrogens with one attached hydrogen (secondary N) is 1. The number of hydrogen-bond donors (Lipinski definition) is 3. The van der Waals surface area contributed by atoms with Crippen LogP contribution in [0.25, 0.3) is 0 Å². The van der Waals surface area contributed by atoms with E-state index < -0.39 is 11.9 Å². The van der Waals surface area contributed by atoms with Crippen LogP contribution in [0.2, 0.25) is 0 Å². The van der Waals surface area contributed by atoms with Crippen molar-refractivity contribution in [1.29, 1.82) is 0 Å². The Balaban J connectivity index is 2.23. The Morgan fingerprint density at radius 2 is 1.16 bits per heavy atom. The van der Waals surface area contributed by atoms with Crippen LogP contribution in [-0.4, -0.2) is 65.2 Å². The van der Waals surface area contributed by atoms with Gasteiger partial charge in [-0.05, 0) is 37.0 Å². The summed E-state index contributed by atoms with van der Waals surface area (Å²) in [5.74, 6) is -1.84. The number of carbonyl (C=O) groups is 4. The first-order chi connectivity index (χ1) is 20.8. The molecule has 0 unspecified atom stereocenters. The van der Waals surface area contributed by atoms with Crippen molar-refractivity contribution in [3.8, 4) is 0 Å². The molecule has 0 saturated carbocycles. The van der Waals surface area contributed by atoms with Crippen LogP contribution in [-0.2, 0) is 25.7 Å². The quantitative estimate of drug-likeness (QED) is 0.0880. The van der Waals surface area contributed by atoms with E-state index in [0.29, 0.717) is 38.3 Å². The third-order valence-corrected chi connectivity index (χ3v) is 7.45. The number of unbranched alkanes of at least 4 members (excludes halogenated alkanes) is 13. The van der Waals surface area contributed by atoms with Crippen LogP contribution in [0.15, 0.2) is 24.3 Å². The smallest absolute Gasteiger partial charge is 0.305 e. The summed E-state index contributed by atoms with van der Waals surface area (Å²) in [6, 6.07) is 7.08. The van der Waals surface area contributed by atoms with Gasteiger partial charge in [-0.3, -0.25) is 19.2 Å². The first-order valence-corrected chi connectivity index (χ1v) is 16.5. The molecule has 9 nitrogen and oxygen atoms in total. The van der Waals surface area contributed by atoms with Crippen molar-refractivity contribution in [2.24, 2.45) is 0 Å². The molecular formula is C34H56N2O7. The van der Waals surface area contributed by atoms with Gasteiger partial charge in [0.1, 0.15) is 0 Å². The maximum Gasteiger partial charge on any atom is 0.305 e. The normalized spacial score (nSPS) is 10.9. The number of carboxylic acids is 2. The number of carbonyl (C=O) groups excluding carboxylic acids is 2. The Kier molecular flexibility index (Phi) is 22.6. The SMILES string of the molecule is CCCOCCNC(=O)c1ccc(CN(CCC(=O)O)C(=O)CCCCCCCCCCCCCCCCC(=O)O)cc1. The van der Waals surface area contributed by atoms with Gasteiger partial charge in [-0.25, -0.2) is 0 Å². The Bertz CT molecular complexity index is 905. The van der Waals surface area contributed by atoms with Crippen molar-refractivity contribution in [1.82, 2.24) is 10.2 Å². The van der Waals surface area contributed by atoms with Crippen molar-refractivity contribution in [3.63, 3.8) is 0 Å². The molecule has 0 aromatic heterocycles. The van der Waals surface area contributed by atoms with Crippen LogP contribution in [0.4, 0.5) is 0 Å². The molecule has 0 bridgehead atoms. The van der Waals surface area contributed by atoms with E-state index in [2.05, 4.69) is 5.32 Å². The molecule has 0 aliphatic rings. The molecular weight excluding hydrogens is 548 g/mol. The fourth-order valence-corrected chi connectivity index (χ4v) is 4.92. The van der Waals surface area contributed by atoms with Gasteiger partial charge in [0.25, 0.3) is 5.91 Å². The number of ether oxygens (including phenoxy) is 1. The number of benzene rings is 1. The van der Waals surface area contributed by atoms with Gasteiger partial charge < -0.3 is 25.2 Å². The molecule has 1 rings (SSSR count). The van der Waals surface area contributed by atoms with E-state index in [1.807, 2.05) is 19.1 Å². The lowest BCUT2D eigenvalue weighted by atomic mass is 10.0. The van der Waals surface area contributed by atoms with E-state index in [4.69, 9.17) is 14.9 Å². The fourth-order valence-electron chi connectivity index (χ4n) is 4.92. The standard InChI is InChI=1S/C34H56N2O7/c1-2-26-43-27-24-35-34(42)30-21-19-29(20-22-30)28-36(25-23-33(40)41)31(37)17-15-13-11-9-7-5-3-4-6-8-10-12-14-16-18-32(38)39/h19-22H,2-18,23-28H2,1H3,(H,35,42)(H,38,39)(H,40,41). The molecule has 0 heterocycles. The molecule has 3 N–H and O–H groups in total. The van der Waals surface area contributed by atoms with Crippen molar-refractivity contribution < 1.29 is 34.1 Å². The minimum absolute atomic E-state index is 0.0305. The van der Waals surface area contributed by atoms with E-state index in [1.54, 1.807) is 17.0 Å². The Labute approximate surface area is 258 Å². The number of aliphatic carboxylic acids is 2. The Morgan fingerprint density at radius 3 is 1.65 bits per heavy atom. The molecule has 0 atom stereocenters. The summed E-state index contributed by atoms with van der Waals surface area (Å²) in [6.07, 6.45) is 17.2. The maximum atomic E-state index is 12.9. The van der Waals surface area contributed by atoms with Gasteiger partial charge in [0.2, 0.25) is 5.91 Å². The average molecular weight is 605 g/mol. The summed E-state index contributed by atoms with van der Waals surface area (Å²) in [6.45, 7) is 4.11. The molecule has 9 heteroatoms. The maximum absolute atomic E-state index is 12.9. The van der Waals surface area contributed by atoms with E-state index in [9.17, 15) is 19.2 Å². The first kappa shape index (κ1) is 38.1. The Morgan fingerprint density at radius 1 is 0.674 bits per heavy atom. The van der Waals surface area contributed by atoms with Gasteiger partial charge in [-0.2, -0.15) is 0 Å². The zero-order valence-electron chi connectivity index (χ0n) is 26.5. The number of carboxylic acid groups (broad SMARTS) is 2. The average Bonchev–Trinajstić information content (AvgIpc) is 2.98. The van der Waals surface area contributed by atoms with Crippen LogP contribution >= 0.6 is 0 Å².